The van der Waals surface area contributed by atoms with Crippen LogP contribution in [0.15, 0.2) is 45.2 Å². The zero-order valence-electron chi connectivity index (χ0n) is 10.7. The van der Waals surface area contributed by atoms with Gasteiger partial charge in [-0.25, -0.2) is 15.0 Å². The fourth-order valence-electron chi connectivity index (χ4n) is 1.88. The van der Waals surface area contributed by atoms with E-state index in [4.69, 9.17) is 0 Å². The number of halogens is 1. The molecule has 2 aromatic heterocycles. The van der Waals surface area contributed by atoms with Crippen LogP contribution in [0.3, 0.4) is 0 Å². The zero-order valence-corrected chi connectivity index (χ0v) is 13.1. The number of aromatic amines is 1. The van der Waals surface area contributed by atoms with Gasteiger partial charge in [0.2, 0.25) is 0 Å². The molecule has 0 saturated carbocycles. The monoisotopic (exact) mass is 349 g/mol. The van der Waals surface area contributed by atoms with E-state index in [2.05, 4.69) is 53.3 Å². The average Bonchev–Trinajstić information content (AvgIpc) is 2.91. The minimum absolute atomic E-state index is 0.688. The van der Waals surface area contributed by atoms with Gasteiger partial charge >= 0.3 is 0 Å². The molecule has 0 amide bonds. The Morgan fingerprint density at radius 1 is 1.30 bits per heavy atom. The van der Waals surface area contributed by atoms with Crippen LogP contribution in [-0.2, 0) is 6.54 Å². The third-order valence-electron chi connectivity index (χ3n) is 2.79. The second-order valence-electron chi connectivity index (χ2n) is 4.16. The van der Waals surface area contributed by atoms with Crippen molar-refractivity contribution in [1.82, 2.24) is 25.3 Å². The van der Waals surface area contributed by atoms with E-state index in [-0.39, 0.29) is 0 Å². The van der Waals surface area contributed by atoms with Crippen LogP contribution in [0, 0.1) is 0 Å². The molecule has 1 aromatic carbocycles. The minimum Gasteiger partial charge on any atom is -0.341 e. The van der Waals surface area contributed by atoms with E-state index in [0.29, 0.717) is 5.65 Å². The number of rotatable bonds is 4. The van der Waals surface area contributed by atoms with Crippen LogP contribution in [0.4, 0.5) is 0 Å². The number of fused-ring (bicyclic) bond motifs is 1. The Morgan fingerprint density at radius 3 is 3.05 bits per heavy atom. The van der Waals surface area contributed by atoms with Gasteiger partial charge in [0, 0.05) is 15.9 Å². The van der Waals surface area contributed by atoms with Gasteiger partial charge in [0.25, 0.3) is 0 Å². The molecule has 2 heterocycles. The lowest BCUT2D eigenvalue weighted by atomic mass is 10.2. The molecule has 3 aromatic rings. The van der Waals surface area contributed by atoms with Crippen LogP contribution in [0.2, 0.25) is 0 Å². The molecule has 0 spiro atoms. The van der Waals surface area contributed by atoms with E-state index in [0.717, 1.165) is 26.5 Å². The van der Waals surface area contributed by atoms with Gasteiger partial charge in [-0.1, -0.05) is 33.8 Å². The van der Waals surface area contributed by atoms with E-state index < -0.39 is 0 Å². The summed E-state index contributed by atoms with van der Waals surface area (Å²) < 4.78 is 1.05. The van der Waals surface area contributed by atoms with Crippen molar-refractivity contribution < 1.29 is 0 Å². The summed E-state index contributed by atoms with van der Waals surface area (Å²) in [4.78, 5) is 16.9. The van der Waals surface area contributed by atoms with E-state index in [1.54, 1.807) is 24.4 Å². The molecule has 0 unspecified atom stereocenters. The summed E-state index contributed by atoms with van der Waals surface area (Å²) >= 11 is 5.13. The SMILES string of the molecule is CNCc1ccc(Br)cc1Sc1ncnc2nc[nH]c12. The molecule has 0 saturated heterocycles. The number of nitrogens with one attached hydrogen (secondary N) is 2. The summed E-state index contributed by atoms with van der Waals surface area (Å²) in [6.45, 7) is 0.812. The van der Waals surface area contributed by atoms with Crippen molar-refractivity contribution in [3.63, 3.8) is 0 Å². The first-order chi connectivity index (χ1) is 9.78. The summed E-state index contributed by atoms with van der Waals surface area (Å²) in [7, 11) is 1.94. The maximum atomic E-state index is 4.35. The quantitative estimate of drug-likeness (QED) is 0.708. The molecule has 0 aliphatic heterocycles. The number of benzene rings is 1. The molecule has 0 fully saturated rings. The molecule has 102 valence electrons. The average molecular weight is 350 g/mol. The number of imidazole rings is 1. The first-order valence-electron chi connectivity index (χ1n) is 6.03. The topological polar surface area (TPSA) is 66.5 Å². The van der Waals surface area contributed by atoms with E-state index in [1.807, 2.05) is 13.1 Å². The number of hydrogen-bond acceptors (Lipinski definition) is 5. The van der Waals surface area contributed by atoms with E-state index in [1.165, 1.54) is 5.56 Å². The Balaban J connectivity index is 2.02. The van der Waals surface area contributed by atoms with Gasteiger partial charge in [0.05, 0.1) is 6.33 Å². The third-order valence-corrected chi connectivity index (χ3v) is 4.39. The Kier molecular flexibility index (Phi) is 4.00. The molecule has 2 N–H and O–H groups in total. The first-order valence-corrected chi connectivity index (χ1v) is 7.64. The van der Waals surface area contributed by atoms with Gasteiger partial charge in [0.1, 0.15) is 16.9 Å². The summed E-state index contributed by atoms with van der Waals surface area (Å²) in [5, 5.41) is 4.06. The highest BCUT2D eigenvalue weighted by Gasteiger charge is 2.10. The van der Waals surface area contributed by atoms with Gasteiger partial charge in [-0.15, -0.1) is 0 Å². The summed E-state index contributed by atoms with van der Waals surface area (Å²) in [5.74, 6) is 0. The van der Waals surface area contributed by atoms with Crippen LogP contribution >= 0.6 is 27.7 Å². The number of H-pyrrole nitrogens is 1. The lowest BCUT2D eigenvalue weighted by molar-refractivity contribution is 0.802. The fraction of sp³-hybridized carbons (Fsp3) is 0.154. The van der Waals surface area contributed by atoms with E-state index in [9.17, 15) is 0 Å². The fourth-order valence-corrected chi connectivity index (χ4v) is 3.41. The molecular weight excluding hydrogens is 338 g/mol. The Bertz CT molecular complexity index is 742. The van der Waals surface area contributed by atoms with Gasteiger partial charge < -0.3 is 10.3 Å². The maximum Gasteiger partial charge on any atom is 0.181 e. The zero-order chi connectivity index (χ0) is 13.9. The van der Waals surface area contributed by atoms with Gasteiger partial charge in [0.15, 0.2) is 5.65 Å². The van der Waals surface area contributed by atoms with Crippen molar-refractivity contribution in [3.05, 3.63) is 40.9 Å². The molecule has 0 radical (unpaired) electrons. The predicted octanol–water partition coefficient (Wildman–Crippen LogP) is 2.99. The standard InChI is InChI=1S/C13H12BrN5S/c1-15-5-8-2-3-9(14)4-10(8)20-13-11-12(17-6-16-11)18-7-19-13/h2-4,6-7,15H,5H2,1H3,(H,16,17,18,19). The van der Waals surface area contributed by atoms with E-state index >= 15 is 0 Å². The number of aromatic nitrogens is 4. The van der Waals surface area contributed by atoms with Crippen molar-refractivity contribution in [3.8, 4) is 0 Å². The summed E-state index contributed by atoms with van der Waals surface area (Å²) in [6, 6.07) is 6.25. The molecule has 0 aliphatic carbocycles. The molecule has 0 aliphatic rings. The Morgan fingerprint density at radius 2 is 2.20 bits per heavy atom. The predicted molar refractivity (Wildman–Crippen MR) is 82.7 cm³/mol. The highest BCUT2D eigenvalue weighted by Crippen LogP contribution is 2.33. The van der Waals surface area contributed by atoms with Crippen LogP contribution in [0.1, 0.15) is 5.56 Å². The number of hydrogen-bond donors (Lipinski definition) is 2. The van der Waals surface area contributed by atoms with Crippen molar-refractivity contribution in [1.29, 1.82) is 0 Å². The molecule has 5 nitrogen and oxygen atoms in total. The molecule has 0 atom stereocenters. The summed E-state index contributed by atoms with van der Waals surface area (Å²) in [6.07, 6.45) is 3.18. The van der Waals surface area contributed by atoms with Gasteiger partial charge in [-0.3, -0.25) is 0 Å². The Labute approximate surface area is 128 Å². The molecule has 20 heavy (non-hydrogen) atoms. The van der Waals surface area contributed by atoms with Crippen LogP contribution in [0.5, 0.6) is 0 Å². The highest BCUT2D eigenvalue weighted by atomic mass is 79.9. The smallest absolute Gasteiger partial charge is 0.181 e. The lowest BCUT2D eigenvalue weighted by Crippen LogP contribution is -2.06. The molecule has 0 bridgehead atoms. The molecule has 3 rings (SSSR count). The van der Waals surface area contributed by atoms with Gasteiger partial charge in [-0.2, -0.15) is 0 Å². The van der Waals surface area contributed by atoms with Crippen molar-refractivity contribution >= 4 is 38.9 Å². The number of nitrogens with zero attached hydrogens (tertiary/aromatic N) is 3. The third kappa shape index (κ3) is 2.70. The molecular formula is C13H12BrN5S. The van der Waals surface area contributed by atoms with Crippen molar-refractivity contribution in [2.24, 2.45) is 0 Å². The second-order valence-corrected chi connectivity index (χ2v) is 6.11. The minimum atomic E-state index is 0.688. The van der Waals surface area contributed by atoms with Gasteiger partial charge in [-0.05, 0) is 24.7 Å². The Hall–Kier alpha value is -1.44. The van der Waals surface area contributed by atoms with Crippen LogP contribution in [-0.4, -0.2) is 27.0 Å². The lowest BCUT2D eigenvalue weighted by Gasteiger charge is -2.09. The second kappa shape index (κ2) is 5.90. The summed E-state index contributed by atoms with van der Waals surface area (Å²) in [5.41, 5.74) is 2.78. The highest BCUT2D eigenvalue weighted by molar-refractivity contribution is 9.10. The van der Waals surface area contributed by atoms with Crippen molar-refractivity contribution in [2.75, 3.05) is 7.05 Å². The maximum absolute atomic E-state index is 4.35. The van der Waals surface area contributed by atoms with Crippen LogP contribution < -0.4 is 5.32 Å². The van der Waals surface area contributed by atoms with Crippen LogP contribution in [0.25, 0.3) is 11.2 Å². The largest absolute Gasteiger partial charge is 0.341 e. The first kappa shape index (κ1) is 13.5. The molecule has 7 heteroatoms. The normalized spacial score (nSPS) is 11.1. The van der Waals surface area contributed by atoms with Crippen molar-refractivity contribution in [2.45, 2.75) is 16.5 Å².